The number of ether oxygens (including phenoxy) is 1. The van der Waals surface area contributed by atoms with Crippen LogP contribution in [0, 0.1) is 0 Å². The Hall–Kier alpha value is -1.81. The summed E-state index contributed by atoms with van der Waals surface area (Å²) in [5.74, 6) is 0.831. The van der Waals surface area contributed by atoms with E-state index in [0.717, 1.165) is 21.8 Å². The van der Waals surface area contributed by atoms with Crippen molar-refractivity contribution in [2.24, 2.45) is 0 Å². The Morgan fingerprint density at radius 2 is 2.18 bits per heavy atom. The van der Waals surface area contributed by atoms with Crippen LogP contribution in [0.15, 0.2) is 24.3 Å². The fourth-order valence-corrected chi connectivity index (χ4v) is 3.22. The number of hydrogen-bond donors (Lipinski definition) is 1. The average Bonchev–Trinajstić information content (AvgIpc) is 2.65. The molecule has 0 aliphatic carbocycles. The summed E-state index contributed by atoms with van der Waals surface area (Å²) in [5, 5.41) is 0.586. The van der Waals surface area contributed by atoms with E-state index < -0.39 is 0 Å². The standard InChI is InChI=1S/C13H11NO2S/c1-7(15)11-12-8-4-2-3-5-9(8)16-6-10(12)17-13(11)14/h2-5H,6,14H2,1H3. The van der Waals surface area contributed by atoms with Crippen molar-refractivity contribution in [2.75, 3.05) is 5.73 Å². The van der Waals surface area contributed by atoms with Crippen LogP contribution in [0.2, 0.25) is 0 Å². The molecule has 1 aliphatic heterocycles. The van der Waals surface area contributed by atoms with Crippen LogP contribution in [0.25, 0.3) is 11.1 Å². The zero-order chi connectivity index (χ0) is 12.0. The molecule has 0 radical (unpaired) electrons. The number of rotatable bonds is 1. The number of fused-ring (bicyclic) bond motifs is 3. The number of hydrogen-bond acceptors (Lipinski definition) is 4. The summed E-state index contributed by atoms with van der Waals surface area (Å²) in [5.41, 5.74) is 8.49. The molecule has 86 valence electrons. The molecule has 2 heterocycles. The molecule has 0 saturated carbocycles. The lowest BCUT2D eigenvalue weighted by molar-refractivity contribution is 0.101. The maximum absolute atomic E-state index is 11.7. The van der Waals surface area contributed by atoms with Crippen molar-refractivity contribution < 1.29 is 9.53 Å². The van der Waals surface area contributed by atoms with Gasteiger partial charge in [0.05, 0.1) is 15.4 Å². The lowest BCUT2D eigenvalue weighted by Crippen LogP contribution is -2.05. The summed E-state index contributed by atoms with van der Waals surface area (Å²) in [4.78, 5) is 12.7. The molecule has 2 N–H and O–H groups in total. The van der Waals surface area contributed by atoms with E-state index in [2.05, 4.69) is 0 Å². The Morgan fingerprint density at radius 3 is 2.94 bits per heavy atom. The number of ketones is 1. The van der Waals surface area contributed by atoms with Crippen LogP contribution < -0.4 is 10.5 Å². The second-order valence-electron chi connectivity index (χ2n) is 3.98. The number of carbonyl (C=O) groups excluding carboxylic acids is 1. The number of thiophene rings is 1. The highest BCUT2D eigenvalue weighted by Crippen LogP contribution is 2.45. The Labute approximate surface area is 103 Å². The molecule has 0 atom stereocenters. The zero-order valence-electron chi connectivity index (χ0n) is 9.32. The summed E-state index contributed by atoms with van der Waals surface area (Å²) in [6.45, 7) is 2.05. The molecule has 17 heavy (non-hydrogen) atoms. The van der Waals surface area contributed by atoms with Crippen LogP contribution in [-0.2, 0) is 6.61 Å². The normalized spacial score (nSPS) is 12.5. The molecule has 0 saturated heterocycles. The van der Waals surface area contributed by atoms with Gasteiger partial charge in [-0.1, -0.05) is 18.2 Å². The summed E-state index contributed by atoms with van der Waals surface area (Å²) < 4.78 is 5.64. The van der Waals surface area contributed by atoms with Gasteiger partial charge in [0.15, 0.2) is 5.78 Å². The highest BCUT2D eigenvalue weighted by molar-refractivity contribution is 7.17. The minimum atomic E-state index is 0.0108. The fraction of sp³-hybridized carbons (Fsp3) is 0.154. The van der Waals surface area contributed by atoms with Crippen molar-refractivity contribution in [2.45, 2.75) is 13.5 Å². The van der Waals surface area contributed by atoms with Crippen LogP contribution in [0.3, 0.4) is 0 Å². The summed E-state index contributed by atoms with van der Waals surface area (Å²) in [6, 6.07) is 7.74. The largest absolute Gasteiger partial charge is 0.487 e. The topological polar surface area (TPSA) is 52.3 Å². The minimum absolute atomic E-state index is 0.0108. The highest BCUT2D eigenvalue weighted by atomic mass is 32.1. The first-order chi connectivity index (χ1) is 8.18. The van der Waals surface area contributed by atoms with E-state index in [1.165, 1.54) is 11.3 Å². The maximum atomic E-state index is 11.7. The van der Waals surface area contributed by atoms with Crippen LogP contribution in [0.4, 0.5) is 5.00 Å². The Balaban J connectivity index is 2.34. The lowest BCUT2D eigenvalue weighted by Gasteiger charge is -2.18. The molecular formula is C13H11NO2S. The summed E-state index contributed by atoms with van der Waals surface area (Å²) >= 11 is 1.44. The summed E-state index contributed by atoms with van der Waals surface area (Å²) in [6.07, 6.45) is 0. The minimum Gasteiger partial charge on any atom is -0.487 e. The number of nitrogen functional groups attached to an aromatic ring is 1. The Bertz CT molecular complexity index is 616. The third-order valence-electron chi connectivity index (χ3n) is 2.88. The predicted molar refractivity (Wildman–Crippen MR) is 68.5 cm³/mol. The van der Waals surface area contributed by atoms with Crippen LogP contribution in [0.5, 0.6) is 5.75 Å². The van der Waals surface area contributed by atoms with Crippen molar-refractivity contribution in [3.05, 3.63) is 34.7 Å². The third kappa shape index (κ3) is 1.45. The SMILES string of the molecule is CC(=O)c1c(N)sc2c1-c1ccccc1OC2. The van der Waals surface area contributed by atoms with Crippen molar-refractivity contribution >= 4 is 22.1 Å². The van der Waals surface area contributed by atoms with Gasteiger partial charge >= 0.3 is 0 Å². The maximum Gasteiger partial charge on any atom is 0.163 e. The van der Waals surface area contributed by atoms with E-state index in [1.54, 1.807) is 6.92 Å². The van der Waals surface area contributed by atoms with Crippen LogP contribution in [-0.4, -0.2) is 5.78 Å². The van der Waals surface area contributed by atoms with Crippen molar-refractivity contribution in [1.29, 1.82) is 0 Å². The molecule has 4 heteroatoms. The first kappa shape index (κ1) is 10.4. The molecule has 0 amide bonds. The van der Waals surface area contributed by atoms with Gasteiger partial charge in [-0.2, -0.15) is 0 Å². The van der Waals surface area contributed by atoms with Crippen LogP contribution in [0.1, 0.15) is 22.2 Å². The van der Waals surface area contributed by atoms with Crippen molar-refractivity contribution in [1.82, 2.24) is 0 Å². The van der Waals surface area contributed by atoms with E-state index in [-0.39, 0.29) is 5.78 Å². The number of para-hydroxylation sites is 1. The van der Waals surface area contributed by atoms with Gasteiger partial charge in [0.25, 0.3) is 0 Å². The van der Waals surface area contributed by atoms with E-state index in [1.807, 2.05) is 24.3 Å². The molecule has 0 fully saturated rings. The number of Topliss-reactive ketones (excluding diaryl/α,β-unsaturated/α-hetero) is 1. The molecule has 3 rings (SSSR count). The second-order valence-corrected chi connectivity index (χ2v) is 5.12. The van der Waals surface area contributed by atoms with Gasteiger partial charge in [0.2, 0.25) is 0 Å². The van der Waals surface area contributed by atoms with Crippen molar-refractivity contribution in [3.63, 3.8) is 0 Å². The molecule has 0 spiro atoms. The van der Waals surface area contributed by atoms with Gasteiger partial charge in [-0.25, -0.2) is 0 Å². The first-order valence-electron chi connectivity index (χ1n) is 5.32. The zero-order valence-corrected chi connectivity index (χ0v) is 10.1. The molecule has 1 aliphatic rings. The summed E-state index contributed by atoms with van der Waals surface area (Å²) in [7, 11) is 0. The molecule has 2 aromatic rings. The number of anilines is 1. The number of benzene rings is 1. The highest BCUT2D eigenvalue weighted by Gasteiger charge is 2.26. The van der Waals surface area contributed by atoms with Gasteiger partial charge in [-0.3, -0.25) is 4.79 Å². The molecule has 1 aromatic carbocycles. The van der Waals surface area contributed by atoms with Gasteiger partial charge in [0.1, 0.15) is 12.4 Å². The molecule has 0 unspecified atom stereocenters. The van der Waals surface area contributed by atoms with Gasteiger partial charge in [0, 0.05) is 11.1 Å². The van der Waals surface area contributed by atoms with Crippen molar-refractivity contribution in [3.8, 4) is 16.9 Å². The lowest BCUT2D eigenvalue weighted by atomic mass is 9.97. The Kier molecular flexibility index (Phi) is 2.19. The van der Waals surface area contributed by atoms with Gasteiger partial charge in [-0.15, -0.1) is 11.3 Å². The first-order valence-corrected chi connectivity index (χ1v) is 6.14. The fourth-order valence-electron chi connectivity index (χ4n) is 2.18. The molecule has 3 nitrogen and oxygen atoms in total. The van der Waals surface area contributed by atoms with E-state index in [9.17, 15) is 4.79 Å². The third-order valence-corrected chi connectivity index (χ3v) is 3.87. The van der Waals surface area contributed by atoms with Crippen LogP contribution >= 0.6 is 11.3 Å². The quantitative estimate of drug-likeness (QED) is 0.785. The number of nitrogens with two attached hydrogens (primary N) is 1. The van der Waals surface area contributed by atoms with Gasteiger partial charge < -0.3 is 10.5 Å². The smallest absolute Gasteiger partial charge is 0.163 e. The Morgan fingerprint density at radius 1 is 1.41 bits per heavy atom. The second kappa shape index (κ2) is 3.60. The molecule has 0 bridgehead atoms. The predicted octanol–water partition coefficient (Wildman–Crippen LogP) is 3.09. The molecular weight excluding hydrogens is 234 g/mol. The van der Waals surface area contributed by atoms with Gasteiger partial charge in [-0.05, 0) is 13.0 Å². The number of carbonyl (C=O) groups is 1. The average molecular weight is 245 g/mol. The van der Waals surface area contributed by atoms with E-state index in [0.29, 0.717) is 17.2 Å². The van der Waals surface area contributed by atoms with E-state index in [4.69, 9.17) is 10.5 Å². The monoisotopic (exact) mass is 245 g/mol. The van der Waals surface area contributed by atoms with E-state index >= 15 is 0 Å². The molecule has 1 aromatic heterocycles.